The van der Waals surface area contributed by atoms with E-state index in [-0.39, 0.29) is 30.1 Å². The van der Waals surface area contributed by atoms with Gasteiger partial charge in [0.15, 0.2) is 12.6 Å². The van der Waals surface area contributed by atoms with Crippen LogP contribution in [-0.2, 0) is 4.79 Å². The zero-order chi connectivity index (χ0) is 22.7. The molecule has 1 aromatic heterocycles. The molecule has 1 unspecified atom stereocenters. The average Bonchev–Trinajstić information content (AvgIpc) is 3.20. The predicted molar refractivity (Wildman–Crippen MR) is 116 cm³/mol. The maximum atomic E-state index is 12.6. The van der Waals surface area contributed by atoms with Gasteiger partial charge >= 0.3 is 0 Å². The van der Waals surface area contributed by atoms with Crippen LogP contribution in [0, 0.1) is 30.9 Å². The molecular formula is C22H26N5O4+. The van der Waals surface area contributed by atoms with Crippen LogP contribution in [0.3, 0.4) is 0 Å². The Kier molecular flexibility index (Phi) is 6.45. The summed E-state index contributed by atoms with van der Waals surface area (Å²) in [5.74, 6) is 0.566. The first-order valence-electron chi connectivity index (χ1n) is 9.94. The summed E-state index contributed by atoms with van der Waals surface area (Å²) >= 11 is 0. The zero-order valence-corrected chi connectivity index (χ0v) is 18.2. The Morgan fingerprint density at radius 3 is 2.35 bits per heavy atom. The topological polar surface area (TPSA) is 116 Å². The molecule has 2 atom stereocenters. The van der Waals surface area contributed by atoms with Crippen molar-refractivity contribution in [2.45, 2.75) is 33.7 Å². The van der Waals surface area contributed by atoms with Crippen molar-refractivity contribution in [3.63, 3.8) is 0 Å². The van der Waals surface area contributed by atoms with Crippen LogP contribution in [0.4, 0.5) is 11.4 Å². The first-order valence-corrected chi connectivity index (χ1v) is 9.94. The molecule has 0 aliphatic carbocycles. The molecule has 0 saturated carbocycles. The van der Waals surface area contributed by atoms with Gasteiger partial charge in [-0.3, -0.25) is 14.9 Å². The summed E-state index contributed by atoms with van der Waals surface area (Å²) in [6, 6.07) is 9.77. The standard InChI is InChI=1S/C22H25N5O4/c1-13-10-14(2)20(15(3)11-13)23-19(28)12-26(5)16(4)21-24-25-22(31-21)17-6-8-18(9-7-17)27(29)30/h6-11,16H,12H2,1-5H3,(H,23,28)/p+1/t16-/m0/s1. The van der Waals surface area contributed by atoms with Crippen molar-refractivity contribution >= 4 is 17.3 Å². The van der Waals surface area contributed by atoms with E-state index in [0.717, 1.165) is 27.3 Å². The number of carbonyl (C=O) groups is 1. The molecule has 9 nitrogen and oxygen atoms in total. The molecule has 1 amide bonds. The highest BCUT2D eigenvalue weighted by molar-refractivity contribution is 5.93. The van der Waals surface area contributed by atoms with Gasteiger partial charge in [0.2, 0.25) is 5.89 Å². The van der Waals surface area contributed by atoms with Crippen molar-refractivity contribution in [1.29, 1.82) is 0 Å². The number of nitrogens with one attached hydrogen (secondary N) is 2. The Morgan fingerprint density at radius 2 is 1.77 bits per heavy atom. The summed E-state index contributed by atoms with van der Waals surface area (Å²) in [5.41, 5.74) is 4.64. The van der Waals surface area contributed by atoms with Gasteiger partial charge in [0.1, 0.15) is 0 Å². The Balaban J connectivity index is 1.66. The molecule has 31 heavy (non-hydrogen) atoms. The Morgan fingerprint density at radius 1 is 1.16 bits per heavy atom. The Bertz CT molecular complexity index is 1080. The van der Waals surface area contributed by atoms with Crippen molar-refractivity contribution in [3.8, 4) is 11.5 Å². The SMILES string of the molecule is Cc1cc(C)c(NC(=O)C[NH+](C)[C@@H](C)c2nnc(-c3ccc([N+](=O)[O-])cc3)o2)c(C)c1. The number of hydrogen-bond acceptors (Lipinski definition) is 6. The summed E-state index contributed by atoms with van der Waals surface area (Å²) in [6.45, 7) is 8.11. The normalized spacial score (nSPS) is 12.9. The molecular weight excluding hydrogens is 398 g/mol. The molecule has 0 spiro atoms. The third-order valence-corrected chi connectivity index (χ3v) is 5.26. The largest absolute Gasteiger partial charge is 0.415 e. The van der Waals surface area contributed by atoms with E-state index < -0.39 is 4.92 Å². The van der Waals surface area contributed by atoms with Gasteiger partial charge in [-0.05, 0) is 51.0 Å². The van der Waals surface area contributed by atoms with Gasteiger partial charge in [0.05, 0.1) is 12.0 Å². The predicted octanol–water partition coefficient (Wildman–Crippen LogP) is 2.78. The molecule has 3 aromatic rings. The van der Waals surface area contributed by atoms with E-state index in [1.165, 1.54) is 12.1 Å². The number of hydrogen-bond donors (Lipinski definition) is 2. The van der Waals surface area contributed by atoms with Gasteiger partial charge in [-0.1, -0.05) is 17.7 Å². The number of anilines is 1. The van der Waals surface area contributed by atoms with E-state index in [1.807, 2.05) is 46.9 Å². The maximum Gasteiger partial charge on any atom is 0.279 e. The number of aromatic nitrogens is 2. The Labute approximate surface area is 180 Å². The molecule has 3 rings (SSSR count). The van der Waals surface area contributed by atoms with E-state index in [9.17, 15) is 14.9 Å². The number of rotatable bonds is 7. The number of likely N-dealkylation sites (N-methyl/N-ethyl adjacent to an activating group) is 1. The monoisotopic (exact) mass is 424 g/mol. The third kappa shape index (κ3) is 5.13. The van der Waals surface area contributed by atoms with Crippen molar-refractivity contribution in [2.75, 3.05) is 18.9 Å². The van der Waals surface area contributed by atoms with Crippen LogP contribution >= 0.6 is 0 Å². The number of nitro benzene ring substituents is 1. The van der Waals surface area contributed by atoms with Crippen LogP contribution in [0.25, 0.3) is 11.5 Å². The minimum Gasteiger partial charge on any atom is -0.415 e. The molecule has 0 fully saturated rings. The Hall–Kier alpha value is -3.59. The highest BCUT2D eigenvalue weighted by Crippen LogP contribution is 2.23. The lowest BCUT2D eigenvalue weighted by Crippen LogP contribution is -3.10. The fraction of sp³-hybridized carbons (Fsp3) is 0.318. The second kappa shape index (κ2) is 9.05. The van der Waals surface area contributed by atoms with Crippen LogP contribution < -0.4 is 10.2 Å². The second-order valence-electron chi connectivity index (χ2n) is 7.82. The van der Waals surface area contributed by atoms with E-state index >= 15 is 0 Å². The molecule has 162 valence electrons. The van der Waals surface area contributed by atoms with E-state index in [1.54, 1.807) is 12.1 Å². The zero-order valence-electron chi connectivity index (χ0n) is 18.2. The number of nitro groups is 1. The van der Waals surface area contributed by atoms with Crippen molar-refractivity contribution in [3.05, 3.63) is 69.1 Å². The second-order valence-corrected chi connectivity index (χ2v) is 7.82. The van der Waals surface area contributed by atoms with Crippen LogP contribution in [0.1, 0.15) is 35.5 Å². The highest BCUT2D eigenvalue weighted by Gasteiger charge is 2.25. The summed E-state index contributed by atoms with van der Waals surface area (Å²) < 4.78 is 5.76. The molecule has 0 aliphatic heterocycles. The van der Waals surface area contributed by atoms with Crippen molar-refractivity contribution < 1.29 is 19.0 Å². The lowest BCUT2D eigenvalue weighted by molar-refractivity contribution is -0.903. The molecule has 2 aromatic carbocycles. The van der Waals surface area contributed by atoms with Gasteiger partial charge in [0.25, 0.3) is 17.5 Å². The van der Waals surface area contributed by atoms with Crippen LogP contribution in [0.5, 0.6) is 0 Å². The summed E-state index contributed by atoms with van der Waals surface area (Å²) in [4.78, 5) is 23.8. The van der Waals surface area contributed by atoms with Gasteiger partial charge in [-0.15, -0.1) is 10.2 Å². The molecule has 0 aliphatic rings. The van der Waals surface area contributed by atoms with Gasteiger partial charge in [-0.2, -0.15) is 0 Å². The van der Waals surface area contributed by atoms with Crippen molar-refractivity contribution in [1.82, 2.24) is 10.2 Å². The van der Waals surface area contributed by atoms with Crippen molar-refractivity contribution in [2.24, 2.45) is 0 Å². The highest BCUT2D eigenvalue weighted by atomic mass is 16.6. The number of aryl methyl sites for hydroxylation is 3. The van der Waals surface area contributed by atoms with E-state index in [4.69, 9.17) is 4.42 Å². The van der Waals surface area contributed by atoms with Crippen LogP contribution in [0.15, 0.2) is 40.8 Å². The number of carbonyl (C=O) groups excluding carboxylic acids is 1. The average molecular weight is 424 g/mol. The molecule has 1 heterocycles. The molecule has 0 radical (unpaired) electrons. The number of nitrogens with zero attached hydrogens (tertiary/aromatic N) is 3. The summed E-state index contributed by atoms with van der Waals surface area (Å²) in [6.07, 6.45) is 0. The van der Waals surface area contributed by atoms with Crippen LogP contribution in [-0.4, -0.2) is 34.6 Å². The van der Waals surface area contributed by atoms with Crippen LogP contribution in [0.2, 0.25) is 0 Å². The smallest absolute Gasteiger partial charge is 0.279 e. The number of benzene rings is 2. The quantitative estimate of drug-likeness (QED) is 0.445. The molecule has 2 N–H and O–H groups in total. The molecule has 0 bridgehead atoms. The number of non-ortho nitro benzene ring substituents is 1. The minimum atomic E-state index is -0.464. The summed E-state index contributed by atoms with van der Waals surface area (Å²) in [5, 5.41) is 21.9. The first kappa shape index (κ1) is 22.1. The lowest BCUT2D eigenvalue weighted by Gasteiger charge is -2.19. The maximum absolute atomic E-state index is 12.6. The number of quaternary nitrogens is 1. The van der Waals surface area contributed by atoms with Gasteiger partial charge < -0.3 is 14.6 Å². The fourth-order valence-corrected chi connectivity index (χ4v) is 3.43. The third-order valence-electron chi connectivity index (χ3n) is 5.26. The first-order chi connectivity index (χ1) is 14.7. The van der Waals surface area contributed by atoms with Gasteiger partial charge in [-0.25, -0.2) is 0 Å². The lowest BCUT2D eigenvalue weighted by atomic mass is 10.1. The van der Waals surface area contributed by atoms with E-state index in [0.29, 0.717) is 11.5 Å². The molecule has 9 heteroatoms. The number of amides is 1. The summed E-state index contributed by atoms with van der Waals surface area (Å²) in [7, 11) is 1.88. The fourth-order valence-electron chi connectivity index (χ4n) is 3.43. The minimum absolute atomic E-state index is 0.00824. The van der Waals surface area contributed by atoms with Gasteiger partial charge in [0, 0.05) is 23.4 Å². The molecule has 0 saturated heterocycles. The van der Waals surface area contributed by atoms with E-state index in [2.05, 4.69) is 15.5 Å².